The van der Waals surface area contributed by atoms with Crippen molar-refractivity contribution in [3.63, 3.8) is 0 Å². The second-order valence-electron chi connectivity index (χ2n) is 7.52. The minimum atomic E-state index is -3.49. The summed E-state index contributed by atoms with van der Waals surface area (Å²) in [7, 11) is -3.49. The monoisotopic (exact) mass is 366 g/mol. The Hall–Kier alpha value is -1.56. The Labute approximate surface area is 151 Å². The van der Waals surface area contributed by atoms with E-state index in [1.807, 2.05) is 18.2 Å². The smallest absolute Gasteiger partial charge is 0.232 e. The fraction of sp³-hybridized carbons (Fsp3) is 0.632. The molecule has 0 saturated heterocycles. The summed E-state index contributed by atoms with van der Waals surface area (Å²) in [6, 6.07) is 6.23. The van der Waals surface area contributed by atoms with Gasteiger partial charge in [0, 0.05) is 19.0 Å². The standard InChI is InChI=1S/C19H30N2O3S/c1-13(2)16-7-6-8-17(14(3)4)19(16)21(25(5,23)24)12-11-18(22)20-15-9-10-15/h6-8,13-15H,9-12H2,1-5H3,(H,20,22). The van der Waals surface area contributed by atoms with E-state index >= 15 is 0 Å². The zero-order valence-electron chi connectivity index (χ0n) is 15.9. The van der Waals surface area contributed by atoms with Gasteiger partial charge in [-0.15, -0.1) is 0 Å². The average molecular weight is 367 g/mol. The zero-order valence-corrected chi connectivity index (χ0v) is 16.7. The van der Waals surface area contributed by atoms with Crippen LogP contribution in [-0.4, -0.2) is 33.2 Å². The Morgan fingerprint density at radius 2 is 1.68 bits per heavy atom. The van der Waals surface area contributed by atoms with E-state index in [9.17, 15) is 13.2 Å². The van der Waals surface area contributed by atoms with Gasteiger partial charge in [0.2, 0.25) is 15.9 Å². The van der Waals surface area contributed by atoms with Crippen molar-refractivity contribution in [3.05, 3.63) is 29.3 Å². The largest absolute Gasteiger partial charge is 0.353 e. The molecule has 1 aromatic rings. The van der Waals surface area contributed by atoms with Gasteiger partial charge < -0.3 is 5.32 Å². The lowest BCUT2D eigenvalue weighted by Crippen LogP contribution is -2.36. The molecule has 25 heavy (non-hydrogen) atoms. The minimum absolute atomic E-state index is 0.0794. The molecule has 1 saturated carbocycles. The molecule has 0 aromatic heterocycles. The average Bonchev–Trinajstić information content (AvgIpc) is 3.29. The van der Waals surface area contributed by atoms with Crippen molar-refractivity contribution in [2.45, 2.75) is 64.8 Å². The van der Waals surface area contributed by atoms with Gasteiger partial charge in [-0.25, -0.2) is 8.42 Å². The molecular formula is C19H30N2O3S. The van der Waals surface area contributed by atoms with Gasteiger partial charge in [0.1, 0.15) is 0 Å². The highest BCUT2D eigenvalue weighted by atomic mass is 32.2. The highest BCUT2D eigenvalue weighted by Gasteiger charge is 2.27. The van der Waals surface area contributed by atoms with Crippen LogP contribution < -0.4 is 9.62 Å². The van der Waals surface area contributed by atoms with Crippen molar-refractivity contribution >= 4 is 21.6 Å². The molecule has 140 valence electrons. The summed E-state index contributed by atoms with van der Waals surface area (Å²) in [5.74, 6) is 0.306. The highest BCUT2D eigenvalue weighted by molar-refractivity contribution is 7.92. The lowest BCUT2D eigenvalue weighted by molar-refractivity contribution is -0.121. The van der Waals surface area contributed by atoms with E-state index in [2.05, 4.69) is 33.0 Å². The van der Waals surface area contributed by atoms with Gasteiger partial charge in [0.15, 0.2) is 0 Å². The van der Waals surface area contributed by atoms with E-state index in [1.54, 1.807) is 0 Å². The van der Waals surface area contributed by atoms with Crippen molar-refractivity contribution in [3.8, 4) is 0 Å². The molecule has 1 aliphatic carbocycles. The number of carbonyl (C=O) groups excluding carboxylic acids is 1. The number of nitrogens with zero attached hydrogens (tertiary/aromatic N) is 1. The molecule has 6 heteroatoms. The number of hydrogen-bond donors (Lipinski definition) is 1. The second-order valence-corrected chi connectivity index (χ2v) is 9.43. The molecule has 0 radical (unpaired) electrons. The van der Waals surface area contributed by atoms with Gasteiger partial charge in [-0.05, 0) is 35.8 Å². The van der Waals surface area contributed by atoms with Crippen LogP contribution in [0.4, 0.5) is 5.69 Å². The molecule has 0 heterocycles. The van der Waals surface area contributed by atoms with Crippen LogP contribution >= 0.6 is 0 Å². The molecule has 0 unspecified atom stereocenters. The lowest BCUT2D eigenvalue weighted by Gasteiger charge is -2.29. The van der Waals surface area contributed by atoms with Crippen LogP contribution in [0.5, 0.6) is 0 Å². The van der Waals surface area contributed by atoms with Gasteiger partial charge in [-0.1, -0.05) is 45.9 Å². The maximum atomic E-state index is 12.5. The number of benzene rings is 1. The van der Waals surface area contributed by atoms with E-state index in [4.69, 9.17) is 0 Å². The third-order valence-corrected chi connectivity index (χ3v) is 5.64. The van der Waals surface area contributed by atoms with Crippen molar-refractivity contribution in [1.29, 1.82) is 0 Å². The van der Waals surface area contributed by atoms with Crippen LogP contribution in [0.25, 0.3) is 0 Å². The van der Waals surface area contributed by atoms with Crippen molar-refractivity contribution < 1.29 is 13.2 Å². The number of anilines is 1. The summed E-state index contributed by atoms with van der Waals surface area (Å²) in [4.78, 5) is 12.1. The van der Waals surface area contributed by atoms with E-state index in [0.29, 0.717) is 0 Å². The van der Waals surface area contributed by atoms with E-state index in [-0.39, 0.29) is 36.8 Å². The summed E-state index contributed by atoms with van der Waals surface area (Å²) in [5.41, 5.74) is 2.74. The maximum Gasteiger partial charge on any atom is 0.232 e. The molecule has 1 aromatic carbocycles. The van der Waals surface area contributed by atoms with Crippen LogP contribution in [0.1, 0.15) is 69.9 Å². The molecule has 0 bridgehead atoms. The number of para-hydroxylation sites is 1. The van der Waals surface area contributed by atoms with Gasteiger partial charge in [0.25, 0.3) is 0 Å². The number of amides is 1. The molecule has 1 N–H and O–H groups in total. The Morgan fingerprint density at radius 3 is 2.08 bits per heavy atom. The Balaban J connectivity index is 2.38. The first-order chi connectivity index (χ1) is 11.6. The molecule has 5 nitrogen and oxygen atoms in total. The van der Waals surface area contributed by atoms with E-state index in [1.165, 1.54) is 10.6 Å². The number of nitrogens with one attached hydrogen (secondary N) is 1. The van der Waals surface area contributed by atoms with Gasteiger partial charge in [0.05, 0.1) is 11.9 Å². The molecule has 0 atom stereocenters. The molecule has 0 spiro atoms. The third kappa shape index (κ3) is 5.21. The quantitative estimate of drug-likeness (QED) is 0.767. The van der Waals surface area contributed by atoms with Crippen LogP contribution in [0, 0.1) is 0 Å². The summed E-state index contributed by atoms with van der Waals surface area (Å²) >= 11 is 0. The molecule has 2 rings (SSSR count). The number of hydrogen-bond acceptors (Lipinski definition) is 3. The SMILES string of the molecule is CC(C)c1cccc(C(C)C)c1N(CCC(=O)NC1CC1)S(C)(=O)=O. The second kappa shape index (κ2) is 7.77. The Bertz CT molecular complexity index is 696. The van der Waals surface area contributed by atoms with Crippen LogP contribution in [0.15, 0.2) is 18.2 Å². The van der Waals surface area contributed by atoms with Crippen molar-refractivity contribution in [1.82, 2.24) is 5.32 Å². The highest BCUT2D eigenvalue weighted by Crippen LogP contribution is 2.36. The number of carbonyl (C=O) groups is 1. The van der Waals surface area contributed by atoms with Crippen LogP contribution in [-0.2, 0) is 14.8 Å². The zero-order chi connectivity index (χ0) is 18.8. The number of rotatable bonds is 8. The van der Waals surface area contributed by atoms with Gasteiger partial charge in [-0.2, -0.15) is 0 Å². The molecule has 1 fully saturated rings. The van der Waals surface area contributed by atoms with Crippen molar-refractivity contribution in [2.75, 3.05) is 17.1 Å². The Morgan fingerprint density at radius 1 is 1.16 bits per heavy atom. The first kappa shape index (κ1) is 19.8. The predicted molar refractivity (Wildman–Crippen MR) is 103 cm³/mol. The maximum absolute atomic E-state index is 12.5. The van der Waals surface area contributed by atoms with Crippen molar-refractivity contribution in [2.24, 2.45) is 0 Å². The predicted octanol–water partition coefficient (Wildman–Crippen LogP) is 3.37. The lowest BCUT2D eigenvalue weighted by atomic mass is 9.92. The summed E-state index contributed by atoms with van der Waals surface area (Å²) in [6.45, 7) is 8.40. The first-order valence-corrected chi connectivity index (χ1v) is 10.9. The fourth-order valence-corrected chi connectivity index (χ4v) is 3.94. The van der Waals surface area contributed by atoms with Gasteiger partial charge in [-0.3, -0.25) is 9.10 Å². The fourth-order valence-electron chi connectivity index (χ4n) is 2.97. The molecule has 1 aliphatic rings. The van der Waals surface area contributed by atoms with E-state index < -0.39 is 10.0 Å². The third-order valence-electron chi connectivity index (χ3n) is 4.48. The van der Waals surface area contributed by atoms with E-state index in [0.717, 1.165) is 29.7 Å². The summed E-state index contributed by atoms with van der Waals surface area (Å²) in [6.07, 6.45) is 3.44. The normalized spacial score (nSPS) is 14.8. The molecular weight excluding hydrogens is 336 g/mol. The number of sulfonamides is 1. The Kier molecular flexibility index (Phi) is 6.14. The topological polar surface area (TPSA) is 66.5 Å². The first-order valence-electron chi connectivity index (χ1n) is 9.01. The molecule has 1 amide bonds. The van der Waals surface area contributed by atoms with Crippen LogP contribution in [0.2, 0.25) is 0 Å². The summed E-state index contributed by atoms with van der Waals surface area (Å²) < 4.78 is 26.5. The van der Waals surface area contributed by atoms with Crippen LogP contribution in [0.3, 0.4) is 0 Å². The molecule has 0 aliphatic heterocycles. The minimum Gasteiger partial charge on any atom is -0.353 e. The summed E-state index contributed by atoms with van der Waals surface area (Å²) in [5, 5.41) is 2.93. The van der Waals surface area contributed by atoms with Gasteiger partial charge >= 0.3 is 0 Å².